The zero-order valence-electron chi connectivity index (χ0n) is 36.6. The van der Waals surface area contributed by atoms with Crippen LogP contribution in [-0.2, 0) is 10.8 Å². The van der Waals surface area contributed by atoms with Crippen LogP contribution >= 0.6 is 0 Å². The van der Waals surface area contributed by atoms with E-state index in [-0.39, 0.29) is 10.8 Å². The highest BCUT2D eigenvalue weighted by atomic mass is 14.4. The van der Waals surface area contributed by atoms with Crippen LogP contribution in [0, 0.1) is 0 Å². The molecule has 0 saturated heterocycles. The standard InChI is InChI=1S/C64H46/c1-63(2)57-26-14-12-23-53(57)62-54(24-15-27-58(62)63)61-50-22-10-9-21-49(50)60(51-35-34-44(45-18-7-8-19-46(45)51)43-29-28-39-16-5-6-17-40(39)36-43)52-33-31-41(37-55(52)61)42-30-32-48-47-20-11-13-25-56(47)64(3,4)59(48)38-42/h5-38H,1-4H3. The first-order valence-electron chi connectivity index (χ1n) is 22.8. The Balaban J connectivity index is 1.11. The van der Waals surface area contributed by atoms with Crippen molar-refractivity contribution in [2.45, 2.75) is 38.5 Å². The van der Waals surface area contributed by atoms with E-state index in [1.165, 1.54) is 132 Å². The molecule has 0 fully saturated rings. The van der Waals surface area contributed by atoms with Gasteiger partial charge in [-0.3, -0.25) is 0 Å². The maximum absolute atomic E-state index is 2.51. The van der Waals surface area contributed by atoms with Gasteiger partial charge in [0, 0.05) is 10.8 Å². The number of rotatable bonds is 4. The molecule has 0 N–H and O–H groups in total. The monoisotopic (exact) mass is 814 g/mol. The predicted octanol–water partition coefficient (Wildman–Crippen LogP) is 17.6. The van der Waals surface area contributed by atoms with Crippen LogP contribution < -0.4 is 0 Å². The van der Waals surface area contributed by atoms with Gasteiger partial charge in [0.15, 0.2) is 0 Å². The predicted molar refractivity (Wildman–Crippen MR) is 273 cm³/mol. The maximum atomic E-state index is 2.51. The first-order valence-corrected chi connectivity index (χ1v) is 22.8. The molecule has 0 nitrogen and oxygen atoms in total. The molecule has 11 aromatic rings. The summed E-state index contributed by atoms with van der Waals surface area (Å²) in [4.78, 5) is 0. The molecule has 2 aliphatic carbocycles. The van der Waals surface area contributed by atoms with Crippen molar-refractivity contribution >= 4 is 43.1 Å². The Labute approximate surface area is 375 Å². The van der Waals surface area contributed by atoms with E-state index in [0.717, 1.165) is 0 Å². The lowest BCUT2D eigenvalue weighted by Gasteiger charge is -2.24. The molecule has 0 spiro atoms. The minimum absolute atomic E-state index is 0.0851. The van der Waals surface area contributed by atoms with Gasteiger partial charge in [-0.1, -0.05) is 216 Å². The van der Waals surface area contributed by atoms with Crippen molar-refractivity contribution < 1.29 is 0 Å². The number of hydrogen-bond donors (Lipinski definition) is 0. The molecule has 0 aliphatic heterocycles. The van der Waals surface area contributed by atoms with Crippen molar-refractivity contribution in [1.82, 2.24) is 0 Å². The summed E-state index contributed by atoms with van der Waals surface area (Å²) in [5, 5.41) is 10.1. The van der Waals surface area contributed by atoms with Crippen LogP contribution in [0.25, 0.3) is 110 Å². The summed E-state index contributed by atoms with van der Waals surface area (Å²) < 4.78 is 0. The fraction of sp³-hybridized carbons (Fsp3) is 0.0938. The highest BCUT2D eigenvalue weighted by Crippen LogP contribution is 2.56. The summed E-state index contributed by atoms with van der Waals surface area (Å²) >= 11 is 0. The molecule has 0 atom stereocenters. The zero-order chi connectivity index (χ0) is 42.9. The minimum Gasteiger partial charge on any atom is -0.0619 e. The molecular weight excluding hydrogens is 769 g/mol. The summed E-state index contributed by atoms with van der Waals surface area (Å²) in [7, 11) is 0. The van der Waals surface area contributed by atoms with Gasteiger partial charge in [0.05, 0.1) is 0 Å². The van der Waals surface area contributed by atoms with Gasteiger partial charge in [0.1, 0.15) is 0 Å². The second-order valence-electron chi connectivity index (χ2n) is 19.2. The van der Waals surface area contributed by atoms with Gasteiger partial charge >= 0.3 is 0 Å². The van der Waals surface area contributed by atoms with E-state index in [4.69, 9.17) is 0 Å². The number of hydrogen-bond acceptors (Lipinski definition) is 0. The van der Waals surface area contributed by atoms with E-state index in [2.05, 4.69) is 234 Å². The molecule has 302 valence electrons. The molecule has 2 aliphatic rings. The normalized spacial score (nSPS) is 14.2. The van der Waals surface area contributed by atoms with Gasteiger partial charge in [-0.2, -0.15) is 0 Å². The Hall–Kier alpha value is -7.54. The highest BCUT2D eigenvalue weighted by molar-refractivity contribution is 6.25. The Morgan fingerprint density at radius 1 is 0.234 bits per heavy atom. The molecule has 0 saturated carbocycles. The minimum atomic E-state index is -0.112. The maximum Gasteiger partial charge on any atom is 0.0159 e. The van der Waals surface area contributed by atoms with Crippen LogP contribution in [0.4, 0.5) is 0 Å². The quantitative estimate of drug-likeness (QED) is 0.155. The van der Waals surface area contributed by atoms with E-state index >= 15 is 0 Å². The Bertz CT molecular complexity index is 3780. The molecule has 0 amide bonds. The molecular formula is C64H46. The van der Waals surface area contributed by atoms with E-state index in [9.17, 15) is 0 Å². The third kappa shape index (κ3) is 5.17. The summed E-state index contributed by atoms with van der Waals surface area (Å²) in [5.41, 5.74) is 20.9. The van der Waals surface area contributed by atoms with Crippen LogP contribution in [-0.4, -0.2) is 0 Å². The fourth-order valence-corrected chi connectivity index (χ4v) is 11.9. The van der Waals surface area contributed by atoms with E-state index < -0.39 is 0 Å². The lowest BCUT2D eigenvalue weighted by atomic mass is 9.79. The van der Waals surface area contributed by atoms with E-state index in [1.54, 1.807) is 0 Å². The second-order valence-corrected chi connectivity index (χ2v) is 19.2. The molecule has 0 heterocycles. The molecule has 0 unspecified atom stereocenters. The lowest BCUT2D eigenvalue weighted by Crippen LogP contribution is -2.14. The molecule has 13 rings (SSSR count). The fourth-order valence-electron chi connectivity index (χ4n) is 11.9. The summed E-state index contributed by atoms with van der Waals surface area (Å²) in [6, 6.07) is 78.0. The van der Waals surface area contributed by atoms with Crippen molar-refractivity contribution in [3.05, 3.63) is 229 Å². The van der Waals surface area contributed by atoms with Gasteiger partial charge in [0.2, 0.25) is 0 Å². The average Bonchev–Trinajstić information content (AvgIpc) is 3.72. The molecule has 64 heavy (non-hydrogen) atoms. The SMILES string of the molecule is CC1(C)c2ccccc2-c2ccc(-c3ccc4c(-c5ccc(-c6ccc7ccccc7c6)c6ccccc56)c5ccccc5c(-c5cccc6c5-c5ccccc5C6(C)C)c4c3)cc21. The third-order valence-corrected chi connectivity index (χ3v) is 15.1. The van der Waals surface area contributed by atoms with Crippen molar-refractivity contribution in [3.8, 4) is 66.8 Å². The van der Waals surface area contributed by atoms with Crippen molar-refractivity contribution in [2.75, 3.05) is 0 Å². The first kappa shape index (κ1) is 37.1. The zero-order valence-corrected chi connectivity index (χ0v) is 36.6. The first-order chi connectivity index (χ1) is 31.3. The Morgan fingerprint density at radius 3 is 1.50 bits per heavy atom. The smallest absolute Gasteiger partial charge is 0.0159 e. The largest absolute Gasteiger partial charge is 0.0619 e. The van der Waals surface area contributed by atoms with Crippen molar-refractivity contribution in [1.29, 1.82) is 0 Å². The van der Waals surface area contributed by atoms with Crippen LogP contribution in [0.2, 0.25) is 0 Å². The van der Waals surface area contributed by atoms with Crippen LogP contribution in [0.1, 0.15) is 49.9 Å². The van der Waals surface area contributed by atoms with E-state index in [0.29, 0.717) is 0 Å². The molecule has 0 radical (unpaired) electrons. The molecule has 0 heteroatoms. The average molecular weight is 815 g/mol. The molecule has 0 bridgehead atoms. The second kappa shape index (κ2) is 13.5. The molecule has 11 aromatic carbocycles. The van der Waals surface area contributed by atoms with Gasteiger partial charge in [0.25, 0.3) is 0 Å². The Morgan fingerprint density at radius 2 is 0.719 bits per heavy atom. The summed E-state index contributed by atoms with van der Waals surface area (Å²) in [6.07, 6.45) is 0. The topological polar surface area (TPSA) is 0 Å². The van der Waals surface area contributed by atoms with Gasteiger partial charge in [-0.15, -0.1) is 0 Å². The van der Waals surface area contributed by atoms with Gasteiger partial charge in [-0.05, 0) is 150 Å². The number of benzene rings is 11. The third-order valence-electron chi connectivity index (χ3n) is 15.1. The van der Waals surface area contributed by atoms with Crippen molar-refractivity contribution in [2.24, 2.45) is 0 Å². The van der Waals surface area contributed by atoms with Crippen molar-refractivity contribution in [3.63, 3.8) is 0 Å². The Kier molecular flexibility index (Phi) is 7.80. The van der Waals surface area contributed by atoms with Crippen LogP contribution in [0.15, 0.2) is 206 Å². The van der Waals surface area contributed by atoms with Crippen LogP contribution in [0.5, 0.6) is 0 Å². The van der Waals surface area contributed by atoms with Crippen LogP contribution in [0.3, 0.4) is 0 Å². The molecule has 0 aromatic heterocycles. The number of fused-ring (bicyclic) bond motifs is 10. The lowest BCUT2D eigenvalue weighted by molar-refractivity contribution is 0.660. The summed E-state index contributed by atoms with van der Waals surface area (Å²) in [6.45, 7) is 9.53. The highest BCUT2D eigenvalue weighted by Gasteiger charge is 2.38. The summed E-state index contributed by atoms with van der Waals surface area (Å²) in [5.74, 6) is 0. The van der Waals surface area contributed by atoms with Gasteiger partial charge < -0.3 is 0 Å². The van der Waals surface area contributed by atoms with Gasteiger partial charge in [-0.25, -0.2) is 0 Å². The van der Waals surface area contributed by atoms with E-state index in [1.807, 2.05) is 0 Å².